The van der Waals surface area contributed by atoms with Crippen molar-refractivity contribution in [1.29, 1.82) is 0 Å². The SMILES string of the molecule is CNc1ccc(COC(=O)N(C)C)cc1. The van der Waals surface area contributed by atoms with Gasteiger partial charge in [0.15, 0.2) is 0 Å². The van der Waals surface area contributed by atoms with E-state index in [9.17, 15) is 4.79 Å². The van der Waals surface area contributed by atoms with Crippen LogP contribution in [0, 0.1) is 0 Å². The second-order valence-electron chi connectivity index (χ2n) is 3.40. The highest BCUT2D eigenvalue weighted by molar-refractivity contribution is 5.66. The van der Waals surface area contributed by atoms with Crippen LogP contribution in [-0.2, 0) is 11.3 Å². The zero-order valence-corrected chi connectivity index (χ0v) is 9.28. The summed E-state index contributed by atoms with van der Waals surface area (Å²) in [5, 5.41) is 3.02. The van der Waals surface area contributed by atoms with Crippen molar-refractivity contribution in [1.82, 2.24) is 4.90 Å². The lowest BCUT2D eigenvalue weighted by Gasteiger charge is -2.11. The van der Waals surface area contributed by atoms with E-state index in [0.29, 0.717) is 6.61 Å². The van der Waals surface area contributed by atoms with Crippen molar-refractivity contribution in [3.05, 3.63) is 29.8 Å². The van der Waals surface area contributed by atoms with Gasteiger partial charge in [0.25, 0.3) is 0 Å². The quantitative estimate of drug-likeness (QED) is 0.825. The zero-order valence-electron chi connectivity index (χ0n) is 9.28. The van der Waals surface area contributed by atoms with Crippen LogP contribution < -0.4 is 5.32 Å². The molecule has 0 bridgehead atoms. The first-order valence-corrected chi connectivity index (χ1v) is 4.74. The van der Waals surface area contributed by atoms with E-state index in [2.05, 4.69) is 5.32 Å². The van der Waals surface area contributed by atoms with Gasteiger partial charge >= 0.3 is 6.09 Å². The normalized spacial score (nSPS) is 9.53. The number of rotatable bonds is 3. The molecule has 0 atom stereocenters. The molecule has 0 aliphatic carbocycles. The predicted molar refractivity (Wildman–Crippen MR) is 59.9 cm³/mol. The summed E-state index contributed by atoms with van der Waals surface area (Å²) in [5.74, 6) is 0. The molecule has 15 heavy (non-hydrogen) atoms. The molecule has 1 rings (SSSR count). The third-order valence-electron chi connectivity index (χ3n) is 1.97. The summed E-state index contributed by atoms with van der Waals surface area (Å²) in [6.45, 7) is 0.307. The Labute approximate surface area is 89.8 Å². The van der Waals surface area contributed by atoms with E-state index in [-0.39, 0.29) is 6.09 Å². The van der Waals surface area contributed by atoms with Crippen molar-refractivity contribution in [3.63, 3.8) is 0 Å². The maximum atomic E-state index is 11.1. The fourth-order valence-electron chi connectivity index (χ4n) is 1.04. The van der Waals surface area contributed by atoms with Gasteiger partial charge in [-0.3, -0.25) is 0 Å². The summed E-state index contributed by atoms with van der Waals surface area (Å²) in [4.78, 5) is 12.5. The molecule has 1 aromatic rings. The van der Waals surface area contributed by atoms with Crippen LogP contribution in [0.3, 0.4) is 0 Å². The summed E-state index contributed by atoms with van der Waals surface area (Å²) in [7, 11) is 5.18. The maximum absolute atomic E-state index is 11.1. The number of carbonyl (C=O) groups is 1. The molecule has 0 aliphatic heterocycles. The van der Waals surface area contributed by atoms with Crippen LogP contribution in [0.1, 0.15) is 5.56 Å². The molecule has 0 fully saturated rings. The molecule has 0 aliphatic rings. The molecule has 4 nitrogen and oxygen atoms in total. The monoisotopic (exact) mass is 208 g/mol. The predicted octanol–water partition coefficient (Wildman–Crippen LogP) is 1.93. The highest BCUT2D eigenvalue weighted by Crippen LogP contribution is 2.09. The first-order chi connectivity index (χ1) is 7.13. The van der Waals surface area contributed by atoms with Crippen LogP contribution >= 0.6 is 0 Å². The number of ether oxygens (including phenoxy) is 1. The smallest absolute Gasteiger partial charge is 0.409 e. The Balaban J connectivity index is 2.47. The van der Waals surface area contributed by atoms with Crippen molar-refractivity contribution in [3.8, 4) is 0 Å². The Morgan fingerprint density at radius 3 is 2.40 bits per heavy atom. The van der Waals surface area contributed by atoms with Crippen molar-refractivity contribution in [2.45, 2.75) is 6.61 Å². The van der Waals surface area contributed by atoms with E-state index in [4.69, 9.17) is 4.74 Å². The first kappa shape index (κ1) is 11.4. The average molecular weight is 208 g/mol. The highest BCUT2D eigenvalue weighted by Gasteiger charge is 2.04. The third kappa shape index (κ3) is 3.50. The van der Waals surface area contributed by atoms with Gasteiger partial charge in [-0.2, -0.15) is 0 Å². The lowest BCUT2D eigenvalue weighted by Crippen LogP contribution is -2.22. The maximum Gasteiger partial charge on any atom is 0.409 e. The zero-order chi connectivity index (χ0) is 11.3. The van der Waals surface area contributed by atoms with E-state index >= 15 is 0 Å². The molecular weight excluding hydrogens is 192 g/mol. The van der Waals surface area contributed by atoms with E-state index in [1.807, 2.05) is 31.3 Å². The van der Waals surface area contributed by atoms with Crippen LogP contribution in [-0.4, -0.2) is 32.1 Å². The van der Waals surface area contributed by atoms with Gasteiger partial charge in [0.2, 0.25) is 0 Å². The summed E-state index contributed by atoms with van der Waals surface area (Å²) < 4.78 is 5.03. The Morgan fingerprint density at radius 1 is 1.33 bits per heavy atom. The van der Waals surface area contributed by atoms with Gasteiger partial charge in [0, 0.05) is 26.8 Å². The van der Waals surface area contributed by atoms with Crippen LogP contribution in [0.5, 0.6) is 0 Å². The number of carbonyl (C=O) groups excluding carboxylic acids is 1. The Hall–Kier alpha value is -1.71. The van der Waals surface area contributed by atoms with Crippen molar-refractivity contribution in [2.75, 3.05) is 26.5 Å². The van der Waals surface area contributed by atoms with Crippen molar-refractivity contribution >= 4 is 11.8 Å². The van der Waals surface area contributed by atoms with Crippen LogP contribution in [0.25, 0.3) is 0 Å². The number of nitrogens with one attached hydrogen (secondary N) is 1. The Kier molecular flexibility index (Phi) is 3.97. The van der Waals surface area contributed by atoms with E-state index in [1.54, 1.807) is 14.1 Å². The first-order valence-electron chi connectivity index (χ1n) is 4.74. The number of amides is 1. The van der Waals surface area contributed by atoms with Crippen LogP contribution in [0.4, 0.5) is 10.5 Å². The highest BCUT2D eigenvalue weighted by atomic mass is 16.6. The fraction of sp³-hybridized carbons (Fsp3) is 0.364. The molecule has 82 valence electrons. The number of hydrogen-bond acceptors (Lipinski definition) is 3. The Morgan fingerprint density at radius 2 is 1.93 bits per heavy atom. The molecule has 0 aromatic heterocycles. The number of anilines is 1. The summed E-state index contributed by atoms with van der Waals surface area (Å²) in [6, 6.07) is 7.74. The van der Waals surface area contributed by atoms with Crippen LogP contribution in [0.2, 0.25) is 0 Å². The van der Waals surface area contributed by atoms with Crippen molar-refractivity contribution in [2.24, 2.45) is 0 Å². The summed E-state index contributed by atoms with van der Waals surface area (Å²) in [6.07, 6.45) is -0.326. The second kappa shape index (κ2) is 5.24. The largest absolute Gasteiger partial charge is 0.445 e. The molecule has 1 amide bonds. The van der Waals surface area contributed by atoms with Crippen molar-refractivity contribution < 1.29 is 9.53 Å². The molecule has 0 spiro atoms. The molecule has 4 heteroatoms. The molecular formula is C11H16N2O2. The van der Waals surface area contributed by atoms with Crippen LogP contribution in [0.15, 0.2) is 24.3 Å². The number of benzene rings is 1. The average Bonchev–Trinajstić information content (AvgIpc) is 2.26. The molecule has 0 radical (unpaired) electrons. The lowest BCUT2D eigenvalue weighted by atomic mass is 10.2. The molecule has 1 N–H and O–H groups in total. The molecule has 1 aromatic carbocycles. The summed E-state index contributed by atoms with van der Waals surface area (Å²) >= 11 is 0. The standard InChI is InChI=1S/C11H16N2O2/c1-12-10-6-4-9(5-7-10)8-15-11(14)13(2)3/h4-7,12H,8H2,1-3H3. The van der Waals surface area contributed by atoms with Gasteiger partial charge in [-0.15, -0.1) is 0 Å². The molecule has 0 saturated heterocycles. The van der Waals surface area contributed by atoms with Gasteiger partial charge in [-0.25, -0.2) is 4.79 Å². The van der Waals surface area contributed by atoms with E-state index in [0.717, 1.165) is 11.3 Å². The fourth-order valence-corrected chi connectivity index (χ4v) is 1.04. The van der Waals surface area contributed by atoms with E-state index < -0.39 is 0 Å². The molecule has 0 saturated carbocycles. The number of nitrogens with zero attached hydrogens (tertiary/aromatic N) is 1. The molecule has 0 unspecified atom stereocenters. The van der Waals surface area contributed by atoms with Gasteiger partial charge in [0.05, 0.1) is 0 Å². The number of hydrogen-bond donors (Lipinski definition) is 1. The summed E-state index contributed by atoms with van der Waals surface area (Å²) in [5.41, 5.74) is 2.02. The van der Waals surface area contributed by atoms with E-state index in [1.165, 1.54) is 4.90 Å². The van der Waals surface area contributed by atoms with Gasteiger partial charge < -0.3 is 15.0 Å². The van der Waals surface area contributed by atoms with Gasteiger partial charge in [-0.1, -0.05) is 12.1 Å². The topological polar surface area (TPSA) is 41.6 Å². The minimum Gasteiger partial charge on any atom is -0.445 e. The Bertz CT molecular complexity index is 320. The second-order valence-corrected chi connectivity index (χ2v) is 3.40. The van der Waals surface area contributed by atoms with Gasteiger partial charge in [0.1, 0.15) is 6.61 Å². The lowest BCUT2D eigenvalue weighted by molar-refractivity contribution is 0.112. The molecule has 0 heterocycles. The minimum atomic E-state index is -0.326. The third-order valence-corrected chi connectivity index (χ3v) is 1.97. The van der Waals surface area contributed by atoms with Gasteiger partial charge in [-0.05, 0) is 17.7 Å². The minimum absolute atomic E-state index is 0.307.